The van der Waals surface area contributed by atoms with Gasteiger partial charge in [0.25, 0.3) is 0 Å². The molecule has 0 fully saturated rings. The second-order valence-corrected chi connectivity index (χ2v) is 4.87. The summed E-state index contributed by atoms with van der Waals surface area (Å²) in [6, 6.07) is 1.15. The van der Waals surface area contributed by atoms with E-state index in [1.54, 1.807) is 20.8 Å². The normalized spacial score (nSPS) is 11.3. The zero-order chi connectivity index (χ0) is 14.9. The minimum Gasteiger partial charge on any atom is -0.476 e. The lowest BCUT2D eigenvalue weighted by molar-refractivity contribution is 0.0632. The summed E-state index contributed by atoms with van der Waals surface area (Å²) in [5.41, 5.74) is -0.789. The van der Waals surface area contributed by atoms with E-state index in [2.05, 4.69) is 25.9 Å². The minimum atomic E-state index is -1.27. The molecule has 106 valence electrons. The van der Waals surface area contributed by atoms with Crippen LogP contribution in [-0.4, -0.2) is 48.0 Å². The Kier molecular flexibility index (Phi) is 3.22. The topological polar surface area (TPSA) is 132 Å². The molecule has 0 saturated carbocycles. The number of amides is 1. The number of anilines is 1. The predicted molar refractivity (Wildman–Crippen MR) is 65.4 cm³/mol. The van der Waals surface area contributed by atoms with E-state index >= 15 is 0 Å². The molecule has 10 heteroatoms. The first-order chi connectivity index (χ1) is 9.26. The molecule has 0 atom stereocenters. The zero-order valence-electron chi connectivity index (χ0n) is 11.0. The van der Waals surface area contributed by atoms with Crippen molar-refractivity contribution < 1.29 is 19.4 Å². The van der Waals surface area contributed by atoms with Crippen LogP contribution >= 0.6 is 0 Å². The van der Waals surface area contributed by atoms with Gasteiger partial charge in [0.1, 0.15) is 5.60 Å². The van der Waals surface area contributed by atoms with Gasteiger partial charge in [0.15, 0.2) is 5.69 Å². The highest BCUT2D eigenvalue weighted by molar-refractivity contribution is 5.93. The van der Waals surface area contributed by atoms with Crippen LogP contribution in [0.25, 0.3) is 5.65 Å². The fourth-order valence-electron chi connectivity index (χ4n) is 1.35. The number of carbonyl (C=O) groups is 2. The van der Waals surface area contributed by atoms with Gasteiger partial charge in [-0.2, -0.15) is 0 Å². The average molecular weight is 280 g/mol. The third-order valence-electron chi connectivity index (χ3n) is 2.03. The van der Waals surface area contributed by atoms with Crippen molar-refractivity contribution in [1.29, 1.82) is 0 Å². The molecule has 2 N–H and O–H groups in total. The van der Waals surface area contributed by atoms with Gasteiger partial charge in [-0.3, -0.25) is 5.32 Å². The van der Waals surface area contributed by atoms with Crippen molar-refractivity contribution in [3.05, 3.63) is 11.8 Å². The quantitative estimate of drug-likeness (QED) is 0.815. The number of hydrogen-bond acceptors (Lipinski definition) is 7. The van der Waals surface area contributed by atoms with E-state index in [0.717, 1.165) is 10.7 Å². The molecular formula is C10H12N6O4. The van der Waals surface area contributed by atoms with Gasteiger partial charge in [0, 0.05) is 6.07 Å². The molecule has 0 aliphatic rings. The Morgan fingerprint density at radius 2 is 2.10 bits per heavy atom. The lowest BCUT2D eigenvalue weighted by Crippen LogP contribution is -2.27. The van der Waals surface area contributed by atoms with Crippen LogP contribution in [0.15, 0.2) is 6.07 Å². The van der Waals surface area contributed by atoms with E-state index in [1.807, 2.05) is 0 Å². The second-order valence-electron chi connectivity index (χ2n) is 4.87. The fourth-order valence-corrected chi connectivity index (χ4v) is 1.35. The molecule has 2 aromatic heterocycles. The number of nitrogens with one attached hydrogen (secondary N) is 1. The lowest BCUT2D eigenvalue weighted by atomic mass is 10.2. The Balaban J connectivity index is 2.35. The van der Waals surface area contributed by atoms with Crippen molar-refractivity contribution in [2.75, 3.05) is 5.32 Å². The minimum absolute atomic E-state index is 0.0941. The molecule has 1 amide bonds. The summed E-state index contributed by atoms with van der Waals surface area (Å²) in [7, 11) is 0. The summed E-state index contributed by atoms with van der Waals surface area (Å²) in [5, 5.41) is 25.5. The lowest BCUT2D eigenvalue weighted by Gasteiger charge is -2.19. The Morgan fingerprint density at radius 1 is 1.40 bits per heavy atom. The van der Waals surface area contributed by atoms with E-state index in [1.165, 1.54) is 0 Å². The van der Waals surface area contributed by atoms with Gasteiger partial charge in [-0.25, -0.2) is 9.59 Å². The molecule has 0 aromatic carbocycles. The number of nitrogens with zero attached hydrogens (tertiary/aromatic N) is 5. The Hall–Kier alpha value is -2.78. The van der Waals surface area contributed by atoms with E-state index in [-0.39, 0.29) is 17.0 Å². The van der Waals surface area contributed by atoms with Crippen LogP contribution in [0.2, 0.25) is 0 Å². The summed E-state index contributed by atoms with van der Waals surface area (Å²) in [6.07, 6.45) is -0.745. The van der Waals surface area contributed by atoms with E-state index in [4.69, 9.17) is 9.84 Å². The van der Waals surface area contributed by atoms with Crippen molar-refractivity contribution in [1.82, 2.24) is 25.3 Å². The fraction of sp³-hybridized carbons (Fsp3) is 0.400. The summed E-state index contributed by atoms with van der Waals surface area (Å²) < 4.78 is 5.98. The molecule has 0 radical (unpaired) electrons. The molecular weight excluding hydrogens is 268 g/mol. The van der Waals surface area contributed by atoms with Crippen LogP contribution in [0.1, 0.15) is 31.3 Å². The van der Waals surface area contributed by atoms with Gasteiger partial charge in [0.2, 0.25) is 5.65 Å². The first-order valence-corrected chi connectivity index (χ1v) is 5.59. The highest BCUT2D eigenvalue weighted by Gasteiger charge is 2.19. The van der Waals surface area contributed by atoms with Crippen LogP contribution in [-0.2, 0) is 4.74 Å². The molecule has 0 saturated heterocycles. The SMILES string of the molecule is CC(C)(C)OC(=O)Nc1cc(C(=O)O)nn2nnnc12. The van der Waals surface area contributed by atoms with Crippen molar-refractivity contribution in [2.24, 2.45) is 0 Å². The van der Waals surface area contributed by atoms with Crippen LogP contribution in [0.3, 0.4) is 0 Å². The van der Waals surface area contributed by atoms with Gasteiger partial charge in [-0.05, 0) is 31.2 Å². The van der Waals surface area contributed by atoms with Crippen molar-refractivity contribution >= 4 is 23.4 Å². The third-order valence-corrected chi connectivity index (χ3v) is 2.03. The van der Waals surface area contributed by atoms with Crippen LogP contribution in [0.4, 0.5) is 10.5 Å². The maximum atomic E-state index is 11.7. The molecule has 2 heterocycles. The summed E-state index contributed by atoms with van der Waals surface area (Å²) in [6.45, 7) is 5.11. The molecule has 20 heavy (non-hydrogen) atoms. The molecule has 0 aliphatic heterocycles. The van der Waals surface area contributed by atoms with Gasteiger partial charge in [-0.1, -0.05) is 0 Å². The molecule has 2 rings (SSSR count). The van der Waals surface area contributed by atoms with Crippen LogP contribution in [0.5, 0.6) is 0 Å². The monoisotopic (exact) mass is 280 g/mol. The maximum absolute atomic E-state index is 11.7. The highest BCUT2D eigenvalue weighted by Crippen LogP contribution is 2.16. The number of hydrogen-bond donors (Lipinski definition) is 2. The van der Waals surface area contributed by atoms with E-state index in [0.29, 0.717) is 0 Å². The largest absolute Gasteiger partial charge is 0.476 e. The standard InChI is InChI=1S/C10H12N6O4/c1-10(2,3)20-9(19)11-5-4-6(8(17)18)13-16-7(5)12-14-15-16/h4H,1-3H3,(H,11,19)(H,17,18). The van der Waals surface area contributed by atoms with Gasteiger partial charge < -0.3 is 9.84 Å². The summed E-state index contributed by atoms with van der Waals surface area (Å²) in [5.74, 6) is -1.27. The maximum Gasteiger partial charge on any atom is 0.412 e. The number of aromatic carboxylic acids is 1. The van der Waals surface area contributed by atoms with Crippen LogP contribution in [0, 0.1) is 0 Å². The predicted octanol–water partition coefficient (Wildman–Crippen LogP) is 0.564. The zero-order valence-corrected chi connectivity index (χ0v) is 11.0. The Morgan fingerprint density at radius 3 is 2.70 bits per heavy atom. The number of carboxylic acids is 1. The Bertz CT molecular complexity index is 674. The molecule has 0 aliphatic carbocycles. The smallest absolute Gasteiger partial charge is 0.412 e. The molecule has 2 aromatic rings. The van der Waals surface area contributed by atoms with Gasteiger partial charge in [0.05, 0.1) is 5.69 Å². The number of ether oxygens (including phenoxy) is 1. The number of fused-ring (bicyclic) bond motifs is 1. The second kappa shape index (κ2) is 4.72. The Labute approximate surface area is 112 Å². The number of carboxylic acid groups (broad SMARTS) is 1. The first-order valence-electron chi connectivity index (χ1n) is 5.59. The van der Waals surface area contributed by atoms with E-state index < -0.39 is 17.7 Å². The van der Waals surface area contributed by atoms with Crippen molar-refractivity contribution in [3.8, 4) is 0 Å². The van der Waals surface area contributed by atoms with Crippen LogP contribution < -0.4 is 5.32 Å². The number of carbonyl (C=O) groups excluding carboxylic acids is 1. The highest BCUT2D eigenvalue weighted by atomic mass is 16.6. The summed E-state index contributed by atoms with van der Waals surface area (Å²) in [4.78, 5) is 22.6. The molecule has 0 spiro atoms. The molecule has 0 unspecified atom stereocenters. The first kappa shape index (κ1) is 13.6. The summed E-state index contributed by atoms with van der Waals surface area (Å²) >= 11 is 0. The average Bonchev–Trinajstić information content (AvgIpc) is 2.74. The third kappa shape index (κ3) is 2.96. The van der Waals surface area contributed by atoms with Gasteiger partial charge in [-0.15, -0.1) is 14.8 Å². The van der Waals surface area contributed by atoms with Crippen molar-refractivity contribution in [2.45, 2.75) is 26.4 Å². The number of tetrazole rings is 1. The molecule has 0 bridgehead atoms. The van der Waals surface area contributed by atoms with E-state index in [9.17, 15) is 9.59 Å². The molecule has 10 nitrogen and oxygen atoms in total. The number of aromatic nitrogens is 5. The van der Waals surface area contributed by atoms with Gasteiger partial charge >= 0.3 is 12.1 Å². The number of rotatable bonds is 2. The van der Waals surface area contributed by atoms with Crippen molar-refractivity contribution in [3.63, 3.8) is 0 Å².